The molecule has 1 aromatic carbocycles. The highest BCUT2D eigenvalue weighted by Crippen LogP contribution is 2.27. The Bertz CT molecular complexity index is 534. The smallest absolute Gasteiger partial charge is 0.224 e. The van der Waals surface area contributed by atoms with E-state index in [1.165, 1.54) is 12.1 Å². The van der Waals surface area contributed by atoms with Crippen LogP contribution >= 0.6 is 11.6 Å². The number of fused-ring (bicyclic) bond motifs is 1. The van der Waals surface area contributed by atoms with Crippen LogP contribution in [0.4, 0.5) is 4.39 Å². The molecular formula is C16H19ClFNO3. The fraction of sp³-hybridized carbons (Fsp3) is 0.562. The highest BCUT2D eigenvalue weighted by molar-refractivity contribution is 6.31. The standard InChI is InChI=1S/C16H19ClFNO3/c17-12-2-1-3-13(18)11(12)9-16(20)19-10-4-5-14-15(8-10)22-7-6-21-14/h1-3,10,14-15H,4-9H2,(H,19,20)/t10-,14-,15+/m1/s1. The zero-order chi connectivity index (χ0) is 15.5. The van der Waals surface area contributed by atoms with Crippen molar-refractivity contribution in [2.75, 3.05) is 13.2 Å². The van der Waals surface area contributed by atoms with Gasteiger partial charge < -0.3 is 14.8 Å². The van der Waals surface area contributed by atoms with Crippen molar-refractivity contribution in [1.29, 1.82) is 0 Å². The minimum absolute atomic E-state index is 0.0426. The molecule has 1 saturated heterocycles. The van der Waals surface area contributed by atoms with Crippen LogP contribution in [-0.4, -0.2) is 37.4 Å². The van der Waals surface area contributed by atoms with Crippen molar-refractivity contribution in [1.82, 2.24) is 5.32 Å². The minimum atomic E-state index is -0.449. The van der Waals surface area contributed by atoms with Crippen LogP contribution in [0.3, 0.4) is 0 Å². The Labute approximate surface area is 133 Å². The van der Waals surface area contributed by atoms with Gasteiger partial charge in [0.1, 0.15) is 5.82 Å². The second-order valence-corrected chi connectivity index (χ2v) is 6.18. The van der Waals surface area contributed by atoms with Gasteiger partial charge in [-0.25, -0.2) is 4.39 Å². The third kappa shape index (κ3) is 3.59. The Hall–Kier alpha value is -1.17. The van der Waals surface area contributed by atoms with Gasteiger partial charge in [-0.05, 0) is 31.4 Å². The second-order valence-electron chi connectivity index (χ2n) is 5.77. The molecule has 0 bridgehead atoms. The quantitative estimate of drug-likeness (QED) is 0.927. The number of ether oxygens (including phenoxy) is 2. The normalized spacial score (nSPS) is 28.0. The van der Waals surface area contributed by atoms with Gasteiger partial charge in [-0.1, -0.05) is 17.7 Å². The summed E-state index contributed by atoms with van der Waals surface area (Å²) in [6.45, 7) is 1.25. The SMILES string of the molecule is O=C(Cc1c(F)cccc1Cl)N[C@@H]1CC[C@H]2OCCO[C@H]2C1. The molecule has 0 spiro atoms. The fourth-order valence-electron chi connectivity index (χ4n) is 3.14. The van der Waals surface area contributed by atoms with Crippen LogP contribution in [0, 0.1) is 5.82 Å². The van der Waals surface area contributed by atoms with Gasteiger partial charge in [0.05, 0.1) is 31.8 Å². The molecule has 1 aliphatic carbocycles. The Balaban J connectivity index is 1.56. The van der Waals surface area contributed by atoms with Gasteiger partial charge in [0.15, 0.2) is 0 Å². The highest BCUT2D eigenvalue weighted by atomic mass is 35.5. The summed E-state index contributed by atoms with van der Waals surface area (Å²) in [7, 11) is 0. The predicted molar refractivity (Wildman–Crippen MR) is 80.4 cm³/mol. The molecule has 0 aromatic heterocycles. The molecule has 2 fully saturated rings. The molecule has 3 rings (SSSR count). The first kappa shape index (κ1) is 15.7. The van der Waals surface area contributed by atoms with E-state index in [-0.39, 0.29) is 41.2 Å². The molecule has 1 aliphatic heterocycles. The Morgan fingerprint density at radius 1 is 1.27 bits per heavy atom. The summed E-state index contributed by atoms with van der Waals surface area (Å²) >= 11 is 5.95. The van der Waals surface area contributed by atoms with Gasteiger partial charge >= 0.3 is 0 Å². The van der Waals surface area contributed by atoms with Gasteiger partial charge in [0.25, 0.3) is 0 Å². The zero-order valence-electron chi connectivity index (χ0n) is 12.2. The van der Waals surface area contributed by atoms with E-state index in [9.17, 15) is 9.18 Å². The molecule has 6 heteroatoms. The van der Waals surface area contributed by atoms with Crippen molar-refractivity contribution in [3.8, 4) is 0 Å². The average Bonchev–Trinajstić information content (AvgIpc) is 2.51. The fourth-order valence-corrected chi connectivity index (χ4v) is 3.37. The van der Waals surface area contributed by atoms with E-state index in [0.717, 1.165) is 19.3 Å². The van der Waals surface area contributed by atoms with Gasteiger partial charge in [-0.2, -0.15) is 0 Å². The van der Waals surface area contributed by atoms with Crippen molar-refractivity contribution in [2.24, 2.45) is 0 Å². The molecule has 120 valence electrons. The van der Waals surface area contributed by atoms with E-state index < -0.39 is 5.82 Å². The highest BCUT2D eigenvalue weighted by Gasteiger charge is 2.34. The first-order valence-corrected chi connectivity index (χ1v) is 7.96. The van der Waals surface area contributed by atoms with E-state index in [1.807, 2.05) is 0 Å². The van der Waals surface area contributed by atoms with E-state index in [4.69, 9.17) is 21.1 Å². The summed E-state index contributed by atoms with van der Waals surface area (Å²) in [5.74, 6) is -0.664. The van der Waals surface area contributed by atoms with Crippen LogP contribution in [0.1, 0.15) is 24.8 Å². The number of benzene rings is 1. The molecule has 22 heavy (non-hydrogen) atoms. The maximum absolute atomic E-state index is 13.7. The molecule has 1 amide bonds. The molecule has 0 radical (unpaired) electrons. The summed E-state index contributed by atoms with van der Waals surface area (Å²) in [6, 6.07) is 4.47. The number of amides is 1. The molecular weight excluding hydrogens is 309 g/mol. The lowest BCUT2D eigenvalue weighted by molar-refractivity contribution is -0.158. The van der Waals surface area contributed by atoms with Crippen molar-refractivity contribution < 1.29 is 18.7 Å². The molecule has 3 atom stereocenters. The van der Waals surface area contributed by atoms with Gasteiger partial charge in [0.2, 0.25) is 5.91 Å². The summed E-state index contributed by atoms with van der Waals surface area (Å²) in [4.78, 5) is 12.1. The first-order valence-electron chi connectivity index (χ1n) is 7.59. The lowest BCUT2D eigenvalue weighted by Gasteiger charge is -2.39. The second kappa shape index (κ2) is 6.94. The van der Waals surface area contributed by atoms with E-state index >= 15 is 0 Å². The summed E-state index contributed by atoms with van der Waals surface area (Å²) in [6.07, 6.45) is 2.60. The van der Waals surface area contributed by atoms with Crippen LogP contribution in [0.2, 0.25) is 5.02 Å². The molecule has 2 aliphatic rings. The van der Waals surface area contributed by atoms with E-state index in [0.29, 0.717) is 13.2 Å². The van der Waals surface area contributed by atoms with Crippen LogP contribution in [0.15, 0.2) is 18.2 Å². The van der Waals surface area contributed by atoms with Crippen molar-refractivity contribution >= 4 is 17.5 Å². The third-order valence-corrected chi connectivity index (χ3v) is 4.60. The van der Waals surface area contributed by atoms with Crippen molar-refractivity contribution in [3.05, 3.63) is 34.6 Å². The molecule has 0 unspecified atom stereocenters. The largest absolute Gasteiger partial charge is 0.373 e. The molecule has 1 N–H and O–H groups in total. The lowest BCUT2D eigenvalue weighted by atomic mass is 9.89. The Morgan fingerprint density at radius 2 is 2.05 bits per heavy atom. The molecule has 1 aromatic rings. The molecule has 4 nitrogen and oxygen atoms in total. The number of carbonyl (C=O) groups is 1. The van der Waals surface area contributed by atoms with Crippen LogP contribution in [-0.2, 0) is 20.7 Å². The van der Waals surface area contributed by atoms with E-state index in [1.54, 1.807) is 6.07 Å². The molecule has 1 heterocycles. The first-order chi connectivity index (χ1) is 10.6. The number of halogens is 2. The minimum Gasteiger partial charge on any atom is -0.373 e. The average molecular weight is 328 g/mol. The number of hydrogen-bond acceptors (Lipinski definition) is 3. The number of carbonyl (C=O) groups excluding carboxylic acids is 1. The van der Waals surface area contributed by atoms with Crippen LogP contribution in [0.25, 0.3) is 0 Å². The monoisotopic (exact) mass is 327 g/mol. The van der Waals surface area contributed by atoms with Gasteiger partial charge in [-0.3, -0.25) is 4.79 Å². The Morgan fingerprint density at radius 3 is 2.82 bits per heavy atom. The summed E-state index contributed by atoms with van der Waals surface area (Å²) in [5.41, 5.74) is 0.243. The molecule has 1 saturated carbocycles. The van der Waals surface area contributed by atoms with Gasteiger partial charge in [0, 0.05) is 16.6 Å². The van der Waals surface area contributed by atoms with E-state index in [2.05, 4.69) is 5.32 Å². The summed E-state index contributed by atoms with van der Waals surface area (Å²) < 4.78 is 25.1. The maximum atomic E-state index is 13.7. The number of nitrogens with one attached hydrogen (secondary N) is 1. The van der Waals surface area contributed by atoms with Gasteiger partial charge in [-0.15, -0.1) is 0 Å². The van der Waals surface area contributed by atoms with Crippen LogP contribution < -0.4 is 5.32 Å². The number of hydrogen-bond donors (Lipinski definition) is 1. The predicted octanol–water partition coefficient (Wildman–Crippen LogP) is 2.47. The number of rotatable bonds is 3. The maximum Gasteiger partial charge on any atom is 0.224 e. The topological polar surface area (TPSA) is 47.6 Å². The van der Waals surface area contributed by atoms with Crippen molar-refractivity contribution in [3.63, 3.8) is 0 Å². The lowest BCUT2D eigenvalue weighted by Crippen LogP contribution is -2.49. The zero-order valence-corrected chi connectivity index (χ0v) is 12.9. The van der Waals surface area contributed by atoms with Crippen LogP contribution in [0.5, 0.6) is 0 Å². The Kier molecular flexibility index (Phi) is 4.96. The third-order valence-electron chi connectivity index (χ3n) is 4.24. The van der Waals surface area contributed by atoms with Crippen molar-refractivity contribution in [2.45, 2.75) is 43.9 Å². The summed E-state index contributed by atoms with van der Waals surface area (Å²) in [5, 5.41) is 3.24.